The zero-order chi connectivity index (χ0) is 13.3. The SMILES string of the molecule is O=Cc1cc(C(F)(F)F)nn1-c1cccc(I)c1. The lowest BCUT2D eigenvalue weighted by molar-refractivity contribution is -0.141. The molecular weight excluding hydrogens is 360 g/mol. The van der Waals surface area contributed by atoms with Crippen molar-refractivity contribution in [3.8, 4) is 5.69 Å². The Morgan fingerprint density at radius 3 is 2.56 bits per heavy atom. The van der Waals surface area contributed by atoms with Gasteiger partial charge in [0.05, 0.1) is 5.69 Å². The largest absolute Gasteiger partial charge is 0.435 e. The van der Waals surface area contributed by atoms with Gasteiger partial charge in [0.25, 0.3) is 0 Å². The second-order valence-corrected chi connectivity index (χ2v) is 4.71. The molecular formula is C11H6F3IN2O. The van der Waals surface area contributed by atoms with Gasteiger partial charge in [-0.2, -0.15) is 18.3 Å². The third kappa shape index (κ3) is 2.55. The van der Waals surface area contributed by atoms with Crippen LogP contribution in [0.3, 0.4) is 0 Å². The van der Waals surface area contributed by atoms with E-state index in [-0.39, 0.29) is 5.69 Å². The van der Waals surface area contributed by atoms with Crippen LogP contribution < -0.4 is 0 Å². The monoisotopic (exact) mass is 366 g/mol. The molecule has 18 heavy (non-hydrogen) atoms. The normalized spacial score (nSPS) is 11.6. The molecule has 0 saturated heterocycles. The summed E-state index contributed by atoms with van der Waals surface area (Å²) in [6, 6.07) is 7.43. The van der Waals surface area contributed by atoms with Gasteiger partial charge in [-0.1, -0.05) is 6.07 Å². The Bertz CT molecular complexity index is 592. The highest BCUT2D eigenvalue weighted by Crippen LogP contribution is 2.29. The number of hydrogen-bond acceptors (Lipinski definition) is 2. The van der Waals surface area contributed by atoms with Crippen molar-refractivity contribution in [3.05, 3.63) is 45.3 Å². The average Bonchev–Trinajstić information content (AvgIpc) is 2.72. The topological polar surface area (TPSA) is 34.9 Å². The van der Waals surface area contributed by atoms with Crippen LogP contribution in [0.25, 0.3) is 5.69 Å². The van der Waals surface area contributed by atoms with Gasteiger partial charge in [0, 0.05) is 3.57 Å². The number of alkyl halides is 3. The smallest absolute Gasteiger partial charge is 0.296 e. The fourth-order valence-electron chi connectivity index (χ4n) is 1.43. The van der Waals surface area contributed by atoms with E-state index >= 15 is 0 Å². The lowest BCUT2D eigenvalue weighted by atomic mass is 10.3. The van der Waals surface area contributed by atoms with Crippen LogP contribution in [0, 0.1) is 3.57 Å². The Balaban J connectivity index is 2.57. The Kier molecular flexibility index (Phi) is 3.42. The van der Waals surface area contributed by atoms with E-state index in [1.807, 2.05) is 22.6 Å². The van der Waals surface area contributed by atoms with E-state index in [0.717, 1.165) is 14.3 Å². The molecule has 2 rings (SSSR count). The Labute approximate surface area is 114 Å². The second-order valence-electron chi connectivity index (χ2n) is 3.46. The Morgan fingerprint density at radius 1 is 1.28 bits per heavy atom. The molecule has 7 heteroatoms. The highest BCUT2D eigenvalue weighted by molar-refractivity contribution is 14.1. The molecule has 0 fully saturated rings. The van der Waals surface area contributed by atoms with E-state index in [1.165, 1.54) is 0 Å². The number of benzene rings is 1. The first-order chi connectivity index (χ1) is 8.41. The summed E-state index contributed by atoms with van der Waals surface area (Å²) in [6.07, 6.45) is -4.22. The van der Waals surface area contributed by atoms with Crippen molar-refractivity contribution < 1.29 is 18.0 Å². The molecule has 3 nitrogen and oxygen atoms in total. The van der Waals surface area contributed by atoms with Crippen LogP contribution in [0.5, 0.6) is 0 Å². The fourth-order valence-corrected chi connectivity index (χ4v) is 1.96. The molecule has 0 aliphatic carbocycles. The number of hydrogen-bond donors (Lipinski definition) is 0. The van der Waals surface area contributed by atoms with Crippen LogP contribution in [0.2, 0.25) is 0 Å². The summed E-state index contributed by atoms with van der Waals surface area (Å²) in [6.45, 7) is 0. The van der Waals surface area contributed by atoms with Crippen molar-refractivity contribution in [2.24, 2.45) is 0 Å². The quantitative estimate of drug-likeness (QED) is 0.604. The van der Waals surface area contributed by atoms with Crippen LogP contribution in [-0.4, -0.2) is 16.1 Å². The van der Waals surface area contributed by atoms with Gasteiger partial charge in [-0.15, -0.1) is 0 Å². The standard InChI is InChI=1S/C11H6F3IN2O/c12-11(13,14)10-5-9(6-18)17(16-10)8-3-1-2-7(15)4-8/h1-6H. The first kappa shape index (κ1) is 13.1. The molecule has 0 spiro atoms. The van der Waals surface area contributed by atoms with Gasteiger partial charge in [0.2, 0.25) is 0 Å². The van der Waals surface area contributed by atoms with Crippen molar-refractivity contribution in [2.45, 2.75) is 6.18 Å². The Hall–Kier alpha value is -1.38. The zero-order valence-electron chi connectivity index (χ0n) is 8.78. The predicted octanol–water partition coefficient (Wildman–Crippen LogP) is 3.31. The summed E-state index contributed by atoms with van der Waals surface area (Å²) in [4.78, 5) is 10.8. The molecule has 0 aliphatic rings. The molecule has 94 valence electrons. The van der Waals surface area contributed by atoms with E-state index < -0.39 is 11.9 Å². The third-order valence-corrected chi connectivity index (χ3v) is 2.87. The van der Waals surface area contributed by atoms with Gasteiger partial charge in [0.15, 0.2) is 12.0 Å². The maximum Gasteiger partial charge on any atom is 0.435 e. The van der Waals surface area contributed by atoms with E-state index in [1.54, 1.807) is 24.3 Å². The minimum Gasteiger partial charge on any atom is -0.296 e. The molecule has 1 aromatic carbocycles. The van der Waals surface area contributed by atoms with Crippen molar-refractivity contribution in [3.63, 3.8) is 0 Å². The van der Waals surface area contributed by atoms with Crippen LogP contribution in [-0.2, 0) is 6.18 Å². The maximum absolute atomic E-state index is 12.5. The minimum atomic E-state index is -4.56. The molecule has 1 aromatic heterocycles. The van der Waals surface area contributed by atoms with Gasteiger partial charge in [0.1, 0.15) is 5.69 Å². The van der Waals surface area contributed by atoms with Gasteiger partial charge < -0.3 is 0 Å². The average molecular weight is 366 g/mol. The summed E-state index contributed by atoms with van der Waals surface area (Å²) in [5.41, 5.74) is -0.799. The van der Waals surface area contributed by atoms with Crippen molar-refractivity contribution in [1.82, 2.24) is 9.78 Å². The molecule has 0 atom stereocenters. The summed E-state index contributed by atoms with van der Waals surface area (Å²) < 4.78 is 39.4. The van der Waals surface area contributed by atoms with Crippen molar-refractivity contribution >= 4 is 28.9 Å². The molecule has 0 radical (unpaired) electrons. The molecule has 0 N–H and O–H groups in total. The van der Waals surface area contributed by atoms with Crippen LogP contribution in [0.15, 0.2) is 30.3 Å². The molecule has 0 amide bonds. The molecule has 0 aliphatic heterocycles. The lowest BCUT2D eigenvalue weighted by Crippen LogP contribution is -2.07. The number of rotatable bonds is 2. The van der Waals surface area contributed by atoms with Crippen LogP contribution >= 0.6 is 22.6 Å². The fraction of sp³-hybridized carbons (Fsp3) is 0.0909. The second kappa shape index (κ2) is 4.71. The van der Waals surface area contributed by atoms with Gasteiger partial charge >= 0.3 is 6.18 Å². The van der Waals surface area contributed by atoms with E-state index in [0.29, 0.717) is 12.0 Å². The lowest BCUT2D eigenvalue weighted by Gasteiger charge is -2.04. The predicted molar refractivity (Wildman–Crippen MR) is 66.7 cm³/mol. The molecule has 1 heterocycles. The molecule has 2 aromatic rings. The molecule has 0 unspecified atom stereocenters. The minimum absolute atomic E-state index is 0.135. The Morgan fingerprint density at radius 2 is 2.00 bits per heavy atom. The number of nitrogens with zero attached hydrogens (tertiary/aromatic N) is 2. The first-order valence-corrected chi connectivity index (χ1v) is 5.88. The highest BCUT2D eigenvalue weighted by atomic mass is 127. The molecule has 0 bridgehead atoms. The number of carbonyl (C=O) groups is 1. The van der Waals surface area contributed by atoms with E-state index in [4.69, 9.17) is 0 Å². The number of aldehydes is 1. The summed E-state index contributed by atoms with van der Waals surface area (Å²) in [7, 11) is 0. The summed E-state index contributed by atoms with van der Waals surface area (Å²) in [5, 5.41) is 3.42. The molecule has 0 saturated carbocycles. The van der Waals surface area contributed by atoms with E-state index in [2.05, 4.69) is 5.10 Å². The number of halogens is 4. The first-order valence-electron chi connectivity index (χ1n) is 4.80. The van der Waals surface area contributed by atoms with Gasteiger partial charge in [-0.05, 0) is 46.9 Å². The summed E-state index contributed by atoms with van der Waals surface area (Å²) >= 11 is 2.03. The van der Waals surface area contributed by atoms with Crippen LogP contribution in [0.4, 0.5) is 13.2 Å². The zero-order valence-corrected chi connectivity index (χ0v) is 10.9. The van der Waals surface area contributed by atoms with Gasteiger partial charge in [-0.25, -0.2) is 4.68 Å². The third-order valence-electron chi connectivity index (χ3n) is 2.20. The maximum atomic E-state index is 12.5. The number of aromatic nitrogens is 2. The summed E-state index contributed by atoms with van der Waals surface area (Å²) in [5.74, 6) is 0. The van der Waals surface area contributed by atoms with Crippen LogP contribution in [0.1, 0.15) is 16.2 Å². The van der Waals surface area contributed by atoms with Gasteiger partial charge in [-0.3, -0.25) is 4.79 Å². The van der Waals surface area contributed by atoms with E-state index in [9.17, 15) is 18.0 Å². The van der Waals surface area contributed by atoms with Crippen molar-refractivity contribution in [2.75, 3.05) is 0 Å². The van der Waals surface area contributed by atoms with Crippen molar-refractivity contribution in [1.29, 1.82) is 0 Å². The highest BCUT2D eigenvalue weighted by Gasteiger charge is 2.35. The number of carbonyl (C=O) groups excluding carboxylic acids is 1.